The van der Waals surface area contributed by atoms with Crippen molar-refractivity contribution in [3.05, 3.63) is 60.7 Å². The SMILES string of the molecule is CC(C)Oc1ccccc1Nc1cc(-c2ccccc2)nc(N2CCCC2)n1. The molecule has 28 heavy (non-hydrogen) atoms. The highest BCUT2D eigenvalue weighted by Gasteiger charge is 2.18. The topological polar surface area (TPSA) is 50.3 Å². The summed E-state index contributed by atoms with van der Waals surface area (Å²) in [6.07, 6.45) is 2.48. The average Bonchev–Trinajstić information content (AvgIpc) is 3.25. The predicted octanol–water partition coefficient (Wildman–Crippen LogP) is 5.27. The highest BCUT2D eigenvalue weighted by atomic mass is 16.5. The van der Waals surface area contributed by atoms with E-state index in [0.29, 0.717) is 0 Å². The van der Waals surface area contributed by atoms with E-state index < -0.39 is 0 Å². The van der Waals surface area contributed by atoms with Gasteiger partial charge in [-0.05, 0) is 38.8 Å². The number of anilines is 3. The van der Waals surface area contributed by atoms with Crippen LogP contribution in [0.3, 0.4) is 0 Å². The van der Waals surface area contributed by atoms with Gasteiger partial charge in [0.1, 0.15) is 11.6 Å². The van der Waals surface area contributed by atoms with E-state index in [1.165, 1.54) is 12.8 Å². The molecule has 0 spiro atoms. The van der Waals surface area contributed by atoms with Crippen molar-refractivity contribution in [2.24, 2.45) is 0 Å². The lowest BCUT2D eigenvalue weighted by atomic mass is 10.1. The Morgan fingerprint density at radius 1 is 0.929 bits per heavy atom. The summed E-state index contributed by atoms with van der Waals surface area (Å²) in [5, 5.41) is 3.45. The molecular formula is C23H26N4O. The van der Waals surface area contributed by atoms with E-state index in [1.54, 1.807) is 0 Å². The Labute approximate surface area is 166 Å². The van der Waals surface area contributed by atoms with Crippen molar-refractivity contribution in [3.63, 3.8) is 0 Å². The predicted molar refractivity (Wildman–Crippen MR) is 114 cm³/mol. The van der Waals surface area contributed by atoms with Crippen LogP contribution in [0.4, 0.5) is 17.5 Å². The van der Waals surface area contributed by atoms with Crippen LogP contribution in [0.25, 0.3) is 11.3 Å². The number of rotatable bonds is 6. The van der Waals surface area contributed by atoms with Crippen LogP contribution in [0, 0.1) is 0 Å². The fourth-order valence-electron chi connectivity index (χ4n) is 3.38. The molecule has 1 N–H and O–H groups in total. The van der Waals surface area contributed by atoms with Crippen LogP contribution in [0.15, 0.2) is 60.7 Å². The number of ether oxygens (including phenoxy) is 1. The second-order valence-corrected chi connectivity index (χ2v) is 7.29. The van der Waals surface area contributed by atoms with Gasteiger partial charge in [-0.2, -0.15) is 4.98 Å². The summed E-state index contributed by atoms with van der Waals surface area (Å²) in [6.45, 7) is 6.07. The minimum Gasteiger partial charge on any atom is -0.489 e. The largest absolute Gasteiger partial charge is 0.489 e. The van der Waals surface area contributed by atoms with E-state index in [1.807, 2.05) is 62.4 Å². The van der Waals surface area contributed by atoms with Gasteiger partial charge in [-0.25, -0.2) is 4.98 Å². The fourth-order valence-corrected chi connectivity index (χ4v) is 3.38. The molecule has 1 fully saturated rings. The number of aromatic nitrogens is 2. The molecule has 1 aliphatic rings. The zero-order valence-electron chi connectivity index (χ0n) is 16.4. The first-order valence-electron chi connectivity index (χ1n) is 9.91. The minimum absolute atomic E-state index is 0.105. The summed E-state index contributed by atoms with van der Waals surface area (Å²) in [6, 6.07) is 20.2. The van der Waals surface area contributed by atoms with Crippen LogP contribution in [0.1, 0.15) is 26.7 Å². The molecule has 0 aliphatic carbocycles. The highest BCUT2D eigenvalue weighted by molar-refractivity contribution is 5.70. The Hall–Kier alpha value is -3.08. The van der Waals surface area contributed by atoms with E-state index in [2.05, 4.69) is 22.3 Å². The van der Waals surface area contributed by atoms with Crippen LogP contribution in [0.5, 0.6) is 5.75 Å². The molecule has 0 saturated carbocycles. The molecular weight excluding hydrogens is 348 g/mol. The van der Waals surface area contributed by atoms with Crippen molar-refractivity contribution in [3.8, 4) is 17.0 Å². The van der Waals surface area contributed by atoms with E-state index in [0.717, 1.165) is 47.5 Å². The molecule has 3 aromatic rings. The third kappa shape index (κ3) is 4.25. The van der Waals surface area contributed by atoms with Gasteiger partial charge in [0.2, 0.25) is 5.95 Å². The van der Waals surface area contributed by atoms with E-state index in [9.17, 15) is 0 Å². The number of benzene rings is 2. The van der Waals surface area contributed by atoms with Gasteiger partial charge in [-0.15, -0.1) is 0 Å². The van der Waals surface area contributed by atoms with Crippen LogP contribution < -0.4 is 15.0 Å². The molecule has 0 atom stereocenters. The molecule has 0 unspecified atom stereocenters. The van der Waals surface area contributed by atoms with Crippen LogP contribution >= 0.6 is 0 Å². The maximum Gasteiger partial charge on any atom is 0.227 e. The number of hydrogen-bond donors (Lipinski definition) is 1. The number of hydrogen-bond acceptors (Lipinski definition) is 5. The molecule has 0 radical (unpaired) electrons. The lowest BCUT2D eigenvalue weighted by Crippen LogP contribution is -2.21. The van der Waals surface area contributed by atoms with Gasteiger partial charge in [0.15, 0.2) is 0 Å². The standard InChI is InChI=1S/C23H26N4O/c1-17(2)28-21-13-7-6-12-19(21)24-22-16-20(18-10-4-3-5-11-18)25-23(26-22)27-14-8-9-15-27/h3-7,10-13,16-17H,8-9,14-15H2,1-2H3,(H,24,25,26). The van der Waals surface area contributed by atoms with Gasteiger partial charge in [0.05, 0.1) is 17.5 Å². The van der Waals surface area contributed by atoms with Gasteiger partial charge < -0.3 is 15.0 Å². The minimum atomic E-state index is 0.105. The van der Waals surface area contributed by atoms with Gasteiger partial charge in [-0.1, -0.05) is 42.5 Å². The zero-order chi connectivity index (χ0) is 19.3. The molecule has 0 amide bonds. The molecule has 5 heteroatoms. The van der Waals surface area contributed by atoms with E-state index in [4.69, 9.17) is 14.7 Å². The van der Waals surface area contributed by atoms with Crippen molar-refractivity contribution < 1.29 is 4.74 Å². The molecule has 1 aliphatic heterocycles. The van der Waals surface area contributed by atoms with Crippen molar-refractivity contribution in [2.45, 2.75) is 32.8 Å². The van der Waals surface area contributed by atoms with Crippen LogP contribution in [-0.2, 0) is 0 Å². The Morgan fingerprint density at radius 2 is 1.64 bits per heavy atom. The second kappa shape index (κ2) is 8.30. The summed E-state index contributed by atoms with van der Waals surface area (Å²) in [5.74, 6) is 2.37. The summed E-state index contributed by atoms with van der Waals surface area (Å²) in [4.78, 5) is 11.9. The Morgan fingerprint density at radius 3 is 2.39 bits per heavy atom. The van der Waals surface area contributed by atoms with Gasteiger partial charge in [0, 0.05) is 24.7 Å². The van der Waals surface area contributed by atoms with Crippen molar-refractivity contribution in [1.82, 2.24) is 9.97 Å². The molecule has 2 aromatic carbocycles. The summed E-state index contributed by atoms with van der Waals surface area (Å²) in [5.41, 5.74) is 2.91. The first-order chi connectivity index (χ1) is 13.7. The number of nitrogens with zero attached hydrogens (tertiary/aromatic N) is 3. The normalized spacial score (nSPS) is 13.8. The molecule has 144 valence electrons. The van der Waals surface area contributed by atoms with Crippen molar-refractivity contribution in [2.75, 3.05) is 23.3 Å². The van der Waals surface area contributed by atoms with Gasteiger partial charge in [-0.3, -0.25) is 0 Å². The smallest absolute Gasteiger partial charge is 0.227 e. The fraction of sp³-hybridized carbons (Fsp3) is 0.304. The summed E-state index contributed by atoms with van der Waals surface area (Å²) < 4.78 is 5.95. The Kier molecular flexibility index (Phi) is 5.42. The molecule has 1 saturated heterocycles. The first-order valence-corrected chi connectivity index (χ1v) is 9.91. The number of para-hydroxylation sites is 2. The lowest BCUT2D eigenvalue weighted by Gasteiger charge is -2.19. The molecule has 2 heterocycles. The maximum absolute atomic E-state index is 5.95. The summed E-state index contributed by atoms with van der Waals surface area (Å²) >= 11 is 0. The second-order valence-electron chi connectivity index (χ2n) is 7.29. The molecule has 5 nitrogen and oxygen atoms in total. The van der Waals surface area contributed by atoms with E-state index in [-0.39, 0.29) is 6.10 Å². The summed E-state index contributed by atoms with van der Waals surface area (Å²) in [7, 11) is 0. The Bertz CT molecular complexity index is 921. The number of nitrogens with one attached hydrogen (secondary N) is 1. The third-order valence-corrected chi connectivity index (χ3v) is 4.69. The van der Waals surface area contributed by atoms with E-state index >= 15 is 0 Å². The highest BCUT2D eigenvalue weighted by Crippen LogP contribution is 2.30. The quantitative estimate of drug-likeness (QED) is 0.636. The maximum atomic E-state index is 5.95. The molecule has 1 aromatic heterocycles. The zero-order valence-corrected chi connectivity index (χ0v) is 16.4. The van der Waals surface area contributed by atoms with Gasteiger partial charge >= 0.3 is 0 Å². The third-order valence-electron chi connectivity index (χ3n) is 4.69. The molecule has 0 bridgehead atoms. The average molecular weight is 374 g/mol. The van der Waals surface area contributed by atoms with Gasteiger partial charge in [0.25, 0.3) is 0 Å². The monoisotopic (exact) mass is 374 g/mol. The Balaban J connectivity index is 1.71. The molecule has 4 rings (SSSR count). The van der Waals surface area contributed by atoms with Crippen molar-refractivity contribution >= 4 is 17.5 Å². The van der Waals surface area contributed by atoms with Crippen molar-refractivity contribution in [1.29, 1.82) is 0 Å². The lowest BCUT2D eigenvalue weighted by molar-refractivity contribution is 0.244. The van der Waals surface area contributed by atoms with Crippen LogP contribution in [-0.4, -0.2) is 29.2 Å². The van der Waals surface area contributed by atoms with Crippen LogP contribution in [0.2, 0.25) is 0 Å². The first kappa shape index (κ1) is 18.3.